The molecule has 4 heterocycles. The number of nitrogens with zero attached hydrogens (tertiary/aromatic N) is 5. The second kappa shape index (κ2) is 7.69. The average molecular weight is 359 g/mol. The van der Waals surface area contributed by atoms with Crippen molar-refractivity contribution in [2.24, 2.45) is 0 Å². The molecule has 8 nitrogen and oxygen atoms in total. The lowest BCUT2D eigenvalue weighted by molar-refractivity contribution is 0.0302. The predicted octanol–water partition coefficient (Wildman–Crippen LogP) is 0.637. The summed E-state index contributed by atoms with van der Waals surface area (Å²) in [5.41, 5.74) is 1.46. The van der Waals surface area contributed by atoms with Crippen LogP contribution in [0.3, 0.4) is 0 Å². The summed E-state index contributed by atoms with van der Waals surface area (Å²) in [7, 11) is 1.73. The van der Waals surface area contributed by atoms with Crippen molar-refractivity contribution in [3.63, 3.8) is 0 Å². The Morgan fingerprint density at radius 3 is 2.92 bits per heavy atom. The number of morpholine rings is 1. The Balaban J connectivity index is 1.54. The largest absolute Gasteiger partial charge is 0.383 e. The third-order valence-corrected chi connectivity index (χ3v) is 5.22. The first kappa shape index (κ1) is 17.4. The summed E-state index contributed by atoms with van der Waals surface area (Å²) in [6, 6.07) is 3.72. The van der Waals surface area contributed by atoms with Crippen molar-refractivity contribution in [3.05, 3.63) is 29.7 Å². The molecule has 0 N–H and O–H groups in total. The number of amides is 1. The van der Waals surface area contributed by atoms with Crippen molar-refractivity contribution in [3.8, 4) is 0 Å². The van der Waals surface area contributed by atoms with E-state index in [1.807, 2.05) is 27.6 Å². The molecule has 2 aromatic heterocycles. The molecule has 0 unspecified atom stereocenters. The number of pyridine rings is 1. The third kappa shape index (κ3) is 3.44. The molecule has 2 aliphatic heterocycles. The van der Waals surface area contributed by atoms with Gasteiger partial charge in [0.1, 0.15) is 5.82 Å². The molecule has 2 fully saturated rings. The molecule has 2 aromatic rings. The number of hydrogen-bond donors (Lipinski definition) is 0. The van der Waals surface area contributed by atoms with Gasteiger partial charge in [0.2, 0.25) is 0 Å². The Morgan fingerprint density at radius 2 is 2.12 bits per heavy atom. The van der Waals surface area contributed by atoms with Crippen molar-refractivity contribution >= 4 is 11.6 Å². The molecule has 0 aliphatic carbocycles. The molecule has 0 radical (unpaired) electrons. The number of methoxy groups -OCH3 is 1. The summed E-state index contributed by atoms with van der Waals surface area (Å²) in [6.45, 7) is 6.15. The van der Waals surface area contributed by atoms with E-state index in [0.29, 0.717) is 37.8 Å². The molecule has 8 heteroatoms. The van der Waals surface area contributed by atoms with Gasteiger partial charge >= 0.3 is 0 Å². The Hall–Kier alpha value is -2.03. The van der Waals surface area contributed by atoms with Gasteiger partial charge in [0.05, 0.1) is 25.4 Å². The molecule has 0 aromatic carbocycles. The highest BCUT2D eigenvalue weighted by Crippen LogP contribution is 2.26. The lowest BCUT2D eigenvalue weighted by atomic mass is 10.1. The highest BCUT2D eigenvalue weighted by Gasteiger charge is 2.28. The van der Waals surface area contributed by atoms with E-state index in [1.165, 1.54) is 0 Å². The number of carbonyl (C=O) groups excluding carboxylic acids is 1. The van der Waals surface area contributed by atoms with Crippen LogP contribution in [0.2, 0.25) is 0 Å². The van der Waals surface area contributed by atoms with Gasteiger partial charge in [-0.25, -0.2) is 0 Å². The van der Waals surface area contributed by atoms with E-state index in [9.17, 15) is 4.79 Å². The number of hydrogen-bond acceptors (Lipinski definition) is 6. The lowest BCUT2D eigenvalue weighted by Crippen LogP contribution is -2.40. The first-order valence-corrected chi connectivity index (χ1v) is 9.19. The first-order valence-electron chi connectivity index (χ1n) is 9.19. The Morgan fingerprint density at radius 1 is 1.27 bits per heavy atom. The molecule has 0 bridgehead atoms. The molecule has 4 rings (SSSR count). The van der Waals surface area contributed by atoms with E-state index in [-0.39, 0.29) is 5.91 Å². The van der Waals surface area contributed by atoms with Gasteiger partial charge in [-0.15, -0.1) is 10.2 Å². The summed E-state index contributed by atoms with van der Waals surface area (Å²) < 4.78 is 12.5. The van der Waals surface area contributed by atoms with Gasteiger partial charge in [0, 0.05) is 45.4 Å². The van der Waals surface area contributed by atoms with Gasteiger partial charge < -0.3 is 19.3 Å². The number of aromatic nitrogens is 3. The summed E-state index contributed by atoms with van der Waals surface area (Å²) >= 11 is 0. The van der Waals surface area contributed by atoms with Crippen LogP contribution < -0.4 is 0 Å². The standard InChI is InChI=1S/C18H25N5O3/c1-25-9-6-21-5-4-14(12-21)17-20-19-16-3-2-15(13-23(16)17)18(24)22-7-10-26-11-8-22/h2-3,13-14H,4-12H2,1H3/t14-/m1/s1. The van der Waals surface area contributed by atoms with Gasteiger partial charge in [0.25, 0.3) is 5.91 Å². The molecule has 0 spiro atoms. The van der Waals surface area contributed by atoms with Gasteiger partial charge in [-0.3, -0.25) is 9.20 Å². The van der Waals surface area contributed by atoms with Crippen molar-refractivity contribution in [1.29, 1.82) is 0 Å². The molecular formula is C18H25N5O3. The minimum absolute atomic E-state index is 0.0444. The fraction of sp³-hybridized carbons (Fsp3) is 0.611. The lowest BCUT2D eigenvalue weighted by Gasteiger charge is -2.26. The topological polar surface area (TPSA) is 72.2 Å². The highest BCUT2D eigenvalue weighted by molar-refractivity contribution is 5.94. The van der Waals surface area contributed by atoms with Gasteiger partial charge in [-0.05, 0) is 25.1 Å². The maximum absolute atomic E-state index is 12.8. The predicted molar refractivity (Wildman–Crippen MR) is 95.4 cm³/mol. The minimum Gasteiger partial charge on any atom is -0.383 e. The molecule has 1 amide bonds. The number of fused-ring (bicyclic) bond motifs is 1. The Labute approximate surface area is 152 Å². The fourth-order valence-corrected chi connectivity index (χ4v) is 3.73. The van der Waals surface area contributed by atoms with E-state index in [2.05, 4.69) is 15.1 Å². The molecular weight excluding hydrogens is 334 g/mol. The monoisotopic (exact) mass is 359 g/mol. The fourth-order valence-electron chi connectivity index (χ4n) is 3.73. The van der Waals surface area contributed by atoms with Crippen LogP contribution in [-0.4, -0.2) is 90.0 Å². The Kier molecular flexibility index (Phi) is 5.14. The average Bonchev–Trinajstić information content (AvgIpc) is 3.32. The molecule has 26 heavy (non-hydrogen) atoms. The number of rotatable bonds is 5. The zero-order valence-corrected chi connectivity index (χ0v) is 15.1. The van der Waals surface area contributed by atoms with E-state index < -0.39 is 0 Å². The van der Waals surface area contributed by atoms with Crippen molar-refractivity contribution in [2.45, 2.75) is 12.3 Å². The van der Waals surface area contributed by atoms with Crippen LogP contribution in [0.1, 0.15) is 28.5 Å². The van der Waals surface area contributed by atoms with Gasteiger partial charge in [0.15, 0.2) is 5.65 Å². The van der Waals surface area contributed by atoms with E-state index >= 15 is 0 Å². The third-order valence-electron chi connectivity index (χ3n) is 5.22. The summed E-state index contributed by atoms with van der Waals surface area (Å²) in [5.74, 6) is 1.31. The molecule has 2 aliphatic rings. The van der Waals surface area contributed by atoms with Crippen LogP contribution in [0.15, 0.2) is 18.3 Å². The van der Waals surface area contributed by atoms with Crippen LogP contribution in [-0.2, 0) is 9.47 Å². The molecule has 0 saturated carbocycles. The van der Waals surface area contributed by atoms with E-state index in [0.717, 1.165) is 44.1 Å². The second-order valence-corrected chi connectivity index (χ2v) is 6.89. The summed E-state index contributed by atoms with van der Waals surface area (Å²) in [6.07, 6.45) is 2.94. The molecule has 2 saturated heterocycles. The van der Waals surface area contributed by atoms with Crippen LogP contribution >= 0.6 is 0 Å². The molecule has 1 atom stereocenters. The van der Waals surface area contributed by atoms with Crippen molar-refractivity contribution in [2.75, 3.05) is 59.7 Å². The number of likely N-dealkylation sites (tertiary alicyclic amines) is 1. The zero-order chi connectivity index (χ0) is 17.9. The van der Waals surface area contributed by atoms with Gasteiger partial charge in [-0.1, -0.05) is 0 Å². The SMILES string of the molecule is COCCN1CC[C@@H](c2nnc3ccc(C(=O)N4CCOCC4)cn23)C1. The second-order valence-electron chi connectivity index (χ2n) is 6.89. The summed E-state index contributed by atoms with van der Waals surface area (Å²) in [4.78, 5) is 17.0. The van der Waals surface area contributed by atoms with Crippen LogP contribution in [0.4, 0.5) is 0 Å². The first-order chi connectivity index (χ1) is 12.8. The van der Waals surface area contributed by atoms with Crippen molar-refractivity contribution < 1.29 is 14.3 Å². The quantitative estimate of drug-likeness (QED) is 0.780. The zero-order valence-electron chi connectivity index (χ0n) is 15.1. The summed E-state index contributed by atoms with van der Waals surface area (Å²) in [5, 5.41) is 8.70. The molecule has 140 valence electrons. The minimum atomic E-state index is 0.0444. The van der Waals surface area contributed by atoms with E-state index in [4.69, 9.17) is 9.47 Å². The highest BCUT2D eigenvalue weighted by atomic mass is 16.5. The smallest absolute Gasteiger partial charge is 0.255 e. The van der Waals surface area contributed by atoms with Crippen LogP contribution in [0.5, 0.6) is 0 Å². The van der Waals surface area contributed by atoms with E-state index in [1.54, 1.807) is 7.11 Å². The maximum atomic E-state index is 12.8. The number of carbonyl (C=O) groups is 1. The van der Waals surface area contributed by atoms with Gasteiger partial charge in [-0.2, -0.15) is 0 Å². The van der Waals surface area contributed by atoms with Crippen LogP contribution in [0, 0.1) is 0 Å². The normalized spacial score (nSPS) is 21.6. The van der Waals surface area contributed by atoms with Crippen LogP contribution in [0.25, 0.3) is 5.65 Å². The maximum Gasteiger partial charge on any atom is 0.255 e. The van der Waals surface area contributed by atoms with Crippen molar-refractivity contribution in [1.82, 2.24) is 24.4 Å². The Bertz CT molecular complexity index is 771. The number of ether oxygens (including phenoxy) is 2.